The number of sulfonamides is 1. The maximum Gasteiger partial charge on any atom is 0.232 e. The number of benzene rings is 2. The van der Waals surface area contributed by atoms with Gasteiger partial charge in [0.05, 0.1) is 19.1 Å². The first-order valence-corrected chi connectivity index (χ1v) is 11.1. The summed E-state index contributed by atoms with van der Waals surface area (Å²) in [5.74, 6) is 0.798. The Morgan fingerprint density at radius 3 is 2.32 bits per heavy atom. The maximum absolute atomic E-state index is 12.1. The van der Waals surface area contributed by atoms with Crippen molar-refractivity contribution in [3.63, 3.8) is 0 Å². The minimum absolute atomic E-state index is 0.0778. The molecular weight excluding hydrogens is 376 g/mol. The van der Waals surface area contributed by atoms with E-state index in [-0.39, 0.29) is 24.8 Å². The fraction of sp³-hybridized carbons (Fsp3) is 0.381. The van der Waals surface area contributed by atoms with Gasteiger partial charge in [0.15, 0.2) is 0 Å². The molecule has 2 aromatic rings. The van der Waals surface area contributed by atoms with Gasteiger partial charge in [-0.15, -0.1) is 0 Å². The molecule has 0 bridgehead atoms. The Morgan fingerprint density at radius 1 is 1.11 bits per heavy atom. The fourth-order valence-corrected chi connectivity index (χ4v) is 3.84. The highest BCUT2D eigenvalue weighted by Gasteiger charge is 2.18. The van der Waals surface area contributed by atoms with E-state index < -0.39 is 10.0 Å². The molecule has 2 aromatic carbocycles. The third kappa shape index (κ3) is 6.56. The molecule has 0 radical (unpaired) electrons. The number of nitrogens with one attached hydrogen (secondary N) is 1. The van der Waals surface area contributed by atoms with E-state index in [1.807, 2.05) is 30.3 Å². The molecule has 0 aliphatic heterocycles. The third-order valence-corrected chi connectivity index (χ3v) is 5.69. The lowest BCUT2D eigenvalue weighted by Gasteiger charge is -2.22. The quantitative estimate of drug-likeness (QED) is 0.660. The van der Waals surface area contributed by atoms with Gasteiger partial charge in [-0.25, -0.2) is 8.42 Å². The van der Waals surface area contributed by atoms with E-state index >= 15 is 0 Å². The van der Waals surface area contributed by atoms with Crippen LogP contribution in [0.25, 0.3) is 0 Å². The number of methoxy groups -OCH3 is 1. The summed E-state index contributed by atoms with van der Waals surface area (Å²) in [4.78, 5) is 12.1. The minimum atomic E-state index is -3.44. The van der Waals surface area contributed by atoms with Gasteiger partial charge in [-0.1, -0.05) is 37.3 Å². The molecule has 1 amide bonds. The average Bonchev–Trinajstić information content (AvgIpc) is 2.69. The van der Waals surface area contributed by atoms with Gasteiger partial charge in [-0.3, -0.25) is 9.10 Å². The number of hydrogen-bond donors (Lipinski definition) is 1. The van der Waals surface area contributed by atoms with E-state index in [1.54, 1.807) is 31.4 Å². The summed E-state index contributed by atoms with van der Waals surface area (Å²) in [6.45, 7) is 2.86. The van der Waals surface area contributed by atoms with Gasteiger partial charge in [-0.05, 0) is 42.2 Å². The monoisotopic (exact) mass is 404 g/mol. The summed E-state index contributed by atoms with van der Waals surface area (Å²) in [6, 6.07) is 16.8. The van der Waals surface area contributed by atoms with Crippen LogP contribution in [0.3, 0.4) is 0 Å². The van der Waals surface area contributed by atoms with Crippen LogP contribution in [0.5, 0.6) is 5.75 Å². The van der Waals surface area contributed by atoms with E-state index in [0.717, 1.165) is 0 Å². The number of ether oxygens (including phenoxy) is 1. The molecule has 1 atom stereocenters. The summed E-state index contributed by atoms with van der Waals surface area (Å²) in [7, 11) is -1.88. The SMILES string of the molecule is COc1ccc(N(CCCC(=O)NCC(C)c2ccccc2)S(C)(=O)=O)cc1. The van der Waals surface area contributed by atoms with Crippen molar-refractivity contribution in [3.8, 4) is 5.75 Å². The van der Waals surface area contributed by atoms with Crippen LogP contribution in [0.4, 0.5) is 5.69 Å². The van der Waals surface area contributed by atoms with E-state index in [2.05, 4.69) is 12.2 Å². The van der Waals surface area contributed by atoms with Crippen LogP contribution in [-0.2, 0) is 14.8 Å². The highest BCUT2D eigenvalue weighted by Crippen LogP contribution is 2.22. The van der Waals surface area contributed by atoms with Gasteiger partial charge >= 0.3 is 0 Å². The predicted octanol–water partition coefficient (Wildman–Crippen LogP) is 3.16. The molecule has 0 fully saturated rings. The van der Waals surface area contributed by atoms with Gasteiger partial charge in [0.2, 0.25) is 15.9 Å². The Balaban J connectivity index is 1.85. The summed E-state index contributed by atoms with van der Waals surface area (Å²) in [6.07, 6.45) is 1.87. The minimum Gasteiger partial charge on any atom is -0.497 e. The molecule has 28 heavy (non-hydrogen) atoms. The van der Waals surface area contributed by atoms with Crippen molar-refractivity contribution in [2.75, 3.05) is 30.8 Å². The second-order valence-electron chi connectivity index (χ2n) is 6.75. The normalized spacial score (nSPS) is 12.2. The summed E-state index contributed by atoms with van der Waals surface area (Å²) in [5, 5.41) is 2.92. The first-order chi connectivity index (χ1) is 13.3. The number of rotatable bonds is 10. The number of carbonyl (C=O) groups excluding carboxylic acids is 1. The second-order valence-corrected chi connectivity index (χ2v) is 8.66. The smallest absolute Gasteiger partial charge is 0.232 e. The number of anilines is 1. The van der Waals surface area contributed by atoms with Crippen LogP contribution in [0.2, 0.25) is 0 Å². The fourth-order valence-electron chi connectivity index (χ4n) is 2.87. The van der Waals surface area contributed by atoms with Gasteiger partial charge in [-0.2, -0.15) is 0 Å². The Kier molecular flexibility index (Phi) is 7.87. The van der Waals surface area contributed by atoms with Crippen molar-refractivity contribution in [1.29, 1.82) is 0 Å². The standard InChI is InChI=1S/C21H28N2O4S/c1-17(18-8-5-4-6-9-18)16-22-21(24)10-7-15-23(28(3,25)26)19-11-13-20(27-2)14-12-19/h4-6,8-9,11-14,17H,7,10,15-16H2,1-3H3,(H,22,24). The van der Waals surface area contributed by atoms with Gasteiger partial charge in [0, 0.05) is 19.5 Å². The zero-order valence-electron chi connectivity index (χ0n) is 16.6. The number of carbonyl (C=O) groups is 1. The molecule has 0 heterocycles. The molecule has 0 aromatic heterocycles. The zero-order valence-corrected chi connectivity index (χ0v) is 17.4. The van der Waals surface area contributed by atoms with Crippen molar-refractivity contribution in [2.45, 2.75) is 25.7 Å². The molecular formula is C21H28N2O4S. The van der Waals surface area contributed by atoms with Crippen LogP contribution in [0.1, 0.15) is 31.2 Å². The summed E-state index contributed by atoms with van der Waals surface area (Å²) < 4.78 is 30.7. The summed E-state index contributed by atoms with van der Waals surface area (Å²) >= 11 is 0. The molecule has 0 saturated heterocycles. The van der Waals surface area contributed by atoms with Crippen LogP contribution in [-0.4, -0.2) is 40.8 Å². The highest BCUT2D eigenvalue weighted by molar-refractivity contribution is 7.92. The Labute approximate surface area is 167 Å². The molecule has 152 valence electrons. The molecule has 0 saturated carbocycles. The van der Waals surface area contributed by atoms with Crippen LogP contribution >= 0.6 is 0 Å². The number of nitrogens with zero attached hydrogens (tertiary/aromatic N) is 1. The molecule has 2 rings (SSSR count). The topological polar surface area (TPSA) is 75.7 Å². The summed E-state index contributed by atoms with van der Waals surface area (Å²) in [5.41, 5.74) is 1.73. The zero-order chi connectivity index (χ0) is 20.6. The van der Waals surface area contributed by atoms with E-state index in [1.165, 1.54) is 16.1 Å². The lowest BCUT2D eigenvalue weighted by molar-refractivity contribution is -0.121. The van der Waals surface area contributed by atoms with Crippen molar-refractivity contribution < 1.29 is 17.9 Å². The first-order valence-electron chi connectivity index (χ1n) is 9.24. The maximum atomic E-state index is 12.1. The molecule has 6 nitrogen and oxygen atoms in total. The number of hydrogen-bond acceptors (Lipinski definition) is 4. The lowest BCUT2D eigenvalue weighted by atomic mass is 10.0. The van der Waals surface area contributed by atoms with Gasteiger partial charge < -0.3 is 10.1 Å². The number of amides is 1. The lowest BCUT2D eigenvalue weighted by Crippen LogP contribution is -2.32. The Bertz CT molecular complexity index is 852. The molecule has 1 N–H and O–H groups in total. The van der Waals surface area contributed by atoms with Crippen LogP contribution < -0.4 is 14.4 Å². The van der Waals surface area contributed by atoms with Crippen molar-refractivity contribution in [3.05, 3.63) is 60.2 Å². The van der Waals surface area contributed by atoms with Crippen molar-refractivity contribution >= 4 is 21.6 Å². The van der Waals surface area contributed by atoms with Crippen LogP contribution in [0.15, 0.2) is 54.6 Å². The molecule has 0 spiro atoms. The van der Waals surface area contributed by atoms with E-state index in [0.29, 0.717) is 24.4 Å². The largest absolute Gasteiger partial charge is 0.497 e. The van der Waals surface area contributed by atoms with Crippen LogP contribution in [0, 0.1) is 0 Å². The van der Waals surface area contributed by atoms with Crippen molar-refractivity contribution in [1.82, 2.24) is 5.32 Å². The van der Waals surface area contributed by atoms with Gasteiger partial charge in [0.25, 0.3) is 0 Å². The second kappa shape index (κ2) is 10.1. The first kappa shape index (κ1) is 21.8. The Morgan fingerprint density at radius 2 is 1.75 bits per heavy atom. The molecule has 7 heteroatoms. The molecule has 0 aliphatic carbocycles. The molecule has 1 unspecified atom stereocenters. The van der Waals surface area contributed by atoms with Crippen molar-refractivity contribution in [2.24, 2.45) is 0 Å². The highest BCUT2D eigenvalue weighted by atomic mass is 32.2. The third-order valence-electron chi connectivity index (χ3n) is 4.50. The van der Waals surface area contributed by atoms with E-state index in [4.69, 9.17) is 4.74 Å². The molecule has 0 aliphatic rings. The predicted molar refractivity (Wildman–Crippen MR) is 112 cm³/mol. The van der Waals surface area contributed by atoms with Gasteiger partial charge in [0.1, 0.15) is 5.75 Å². The average molecular weight is 405 g/mol. The Hall–Kier alpha value is -2.54. The van der Waals surface area contributed by atoms with E-state index in [9.17, 15) is 13.2 Å².